The Balaban J connectivity index is 1.80. The molecule has 6 heteroatoms. The van der Waals surface area contributed by atoms with Crippen LogP contribution in [0, 0.1) is 12.3 Å². The molecule has 1 saturated carbocycles. The molecule has 2 aromatic rings. The first kappa shape index (κ1) is 21.2. The minimum absolute atomic E-state index is 0.0258. The molecule has 2 aromatic carbocycles. The lowest BCUT2D eigenvalue weighted by atomic mass is 9.65. The first-order valence-electron chi connectivity index (χ1n) is 10.9. The smallest absolute Gasteiger partial charge is 0.247 e. The molecule has 1 aliphatic carbocycles. The van der Waals surface area contributed by atoms with E-state index in [0.29, 0.717) is 30.6 Å². The zero-order valence-corrected chi connectivity index (χ0v) is 18.6. The van der Waals surface area contributed by atoms with Crippen LogP contribution in [0.25, 0.3) is 11.1 Å². The molecule has 1 aliphatic heterocycles. The Morgan fingerprint density at radius 2 is 1.83 bits per heavy atom. The molecule has 1 heterocycles. The third-order valence-electron chi connectivity index (χ3n) is 6.70. The van der Waals surface area contributed by atoms with Gasteiger partial charge in [-0.2, -0.15) is 4.31 Å². The van der Waals surface area contributed by atoms with Crippen molar-refractivity contribution in [3.8, 4) is 22.6 Å². The second-order valence-electron chi connectivity index (χ2n) is 9.06. The van der Waals surface area contributed by atoms with Crippen LogP contribution in [-0.4, -0.2) is 36.0 Å². The van der Waals surface area contributed by atoms with Crippen molar-refractivity contribution in [1.29, 1.82) is 0 Å². The number of hydrogen-bond donors (Lipinski definition) is 2. The van der Waals surface area contributed by atoms with Gasteiger partial charge in [-0.3, -0.25) is 0 Å². The molecule has 0 atom stereocenters. The van der Waals surface area contributed by atoms with E-state index in [4.69, 9.17) is 0 Å². The van der Waals surface area contributed by atoms with Crippen LogP contribution in [0.15, 0.2) is 35.2 Å². The molecule has 5 nitrogen and oxygen atoms in total. The maximum atomic E-state index is 13.6. The predicted octanol–water partition coefficient (Wildman–Crippen LogP) is 4.98. The monoisotopic (exact) mass is 429 g/mol. The van der Waals surface area contributed by atoms with Crippen molar-refractivity contribution in [3.63, 3.8) is 0 Å². The number of sulfonamides is 1. The standard InChI is InChI=1S/C24H31NO4S/c1-3-4-5-9-19-14-20(26)21(18-10-6-8-17(2)13-18)22(27)23(19)30(28,29)25-15-24(16-25)11-7-12-24/h6,8,10,13-14,26-27H,3-5,7,9,11-12,15-16H2,1-2H3. The summed E-state index contributed by atoms with van der Waals surface area (Å²) in [5.74, 6) is -0.413. The van der Waals surface area contributed by atoms with E-state index in [2.05, 4.69) is 6.92 Å². The van der Waals surface area contributed by atoms with Crippen molar-refractivity contribution in [2.24, 2.45) is 5.41 Å². The van der Waals surface area contributed by atoms with E-state index in [1.54, 1.807) is 12.1 Å². The molecule has 4 rings (SSSR count). The summed E-state index contributed by atoms with van der Waals surface area (Å²) in [4.78, 5) is -0.0258. The summed E-state index contributed by atoms with van der Waals surface area (Å²) < 4.78 is 28.6. The maximum absolute atomic E-state index is 13.6. The number of rotatable bonds is 7. The molecule has 0 aromatic heterocycles. The van der Waals surface area contributed by atoms with E-state index < -0.39 is 10.0 Å². The van der Waals surface area contributed by atoms with Crippen LogP contribution >= 0.6 is 0 Å². The number of phenolic OH excluding ortho intramolecular Hbond substituents is 2. The van der Waals surface area contributed by atoms with E-state index in [0.717, 1.165) is 44.1 Å². The highest BCUT2D eigenvalue weighted by Crippen LogP contribution is 2.52. The second-order valence-corrected chi connectivity index (χ2v) is 10.9. The van der Waals surface area contributed by atoms with Crippen molar-refractivity contribution < 1.29 is 18.6 Å². The number of aryl methyl sites for hydroxylation is 2. The Hall–Kier alpha value is -2.05. The number of aromatic hydroxyl groups is 2. The molecule has 1 spiro atoms. The zero-order chi connectivity index (χ0) is 21.5. The zero-order valence-electron chi connectivity index (χ0n) is 17.8. The van der Waals surface area contributed by atoms with Crippen LogP contribution < -0.4 is 0 Å². The summed E-state index contributed by atoms with van der Waals surface area (Å²) >= 11 is 0. The highest BCUT2D eigenvalue weighted by Gasteiger charge is 2.52. The highest BCUT2D eigenvalue weighted by molar-refractivity contribution is 7.89. The van der Waals surface area contributed by atoms with Gasteiger partial charge in [0.05, 0.1) is 5.56 Å². The molecule has 30 heavy (non-hydrogen) atoms. The van der Waals surface area contributed by atoms with Crippen LogP contribution in [0.2, 0.25) is 0 Å². The fourth-order valence-corrected chi connectivity index (χ4v) is 6.79. The van der Waals surface area contributed by atoms with Crippen LogP contribution in [0.3, 0.4) is 0 Å². The van der Waals surface area contributed by atoms with Gasteiger partial charge in [-0.15, -0.1) is 0 Å². The van der Waals surface area contributed by atoms with Gasteiger partial charge < -0.3 is 10.2 Å². The molecule has 2 N–H and O–H groups in total. The molecule has 0 unspecified atom stereocenters. The number of hydrogen-bond acceptors (Lipinski definition) is 4. The Bertz CT molecular complexity index is 1050. The van der Waals surface area contributed by atoms with Gasteiger partial charge in [0, 0.05) is 13.1 Å². The van der Waals surface area contributed by atoms with Crippen LogP contribution in [-0.2, 0) is 16.4 Å². The fraction of sp³-hybridized carbons (Fsp3) is 0.500. The normalized spacial score (nSPS) is 18.2. The molecule has 1 saturated heterocycles. The average molecular weight is 430 g/mol. The van der Waals surface area contributed by atoms with E-state index in [9.17, 15) is 18.6 Å². The predicted molar refractivity (Wildman–Crippen MR) is 118 cm³/mol. The summed E-state index contributed by atoms with van der Waals surface area (Å²) in [6.07, 6.45) is 6.63. The topological polar surface area (TPSA) is 77.8 Å². The van der Waals surface area contributed by atoms with Gasteiger partial charge in [0.25, 0.3) is 0 Å². The lowest BCUT2D eigenvalue weighted by Gasteiger charge is -2.55. The Morgan fingerprint density at radius 1 is 1.10 bits per heavy atom. The summed E-state index contributed by atoms with van der Waals surface area (Å²) in [5, 5.41) is 21.9. The second kappa shape index (κ2) is 7.89. The van der Waals surface area contributed by atoms with Gasteiger partial charge in [0.2, 0.25) is 10.0 Å². The Labute approximate surface area is 179 Å². The quantitative estimate of drug-likeness (QED) is 0.609. The first-order valence-corrected chi connectivity index (χ1v) is 12.4. The van der Waals surface area contributed by atoms with Crippen molar-refractivity contribution in [3.05, 3.63) is 41.5 Å². The fourth-order valence-electron chi connectivity index (χ4n) is 4.81. The summed E-state index contributed by atoms with van der Waals surface area (Å²) in [7, 11) is -3.83. The largest absolute Gasteiger partial charge is 0.507 e. The molecule has 2 fully saturated rings. The summed E-state index contributed by atoms with van der Waals surface area (Å²) in [5.41, 5.74) is 2.43. The number of unbranched alkanes of at least 4 members (excludes halogenated alkanes) is 2. The van der Waals surface area contributed by atoms with Gasteiger partial charge in [0.15, 0.2) is 0 Å². The van der Waals surface area contributed by atoms with Gasteiger partial charge in [-0.1, -0.05) is 56.0 Å². The van der Waals surface area contributed by atoms with Crippen molar-refractivity contribution in [2.75, 3.05) is 13.1 Å². The lowest BCUT2D eigenvalue weighted by Crippen LogP contribution is -2.61. The maximum Gasteiger partial charge on any atom is 0.247 e. The van der Waals surface area contributed by atoms with E-state index in [-0.39, 0.29) is 27.4 Å². The number of phenols is 2. The lowest BCUT2D eigenvalue weighted by molar-refractivity contribution is -0.00803. The van der Waals surface area contributed by atoms with Crippen LogP contribution in [0.5, 0.6) is 11.5 Å². The molecule has 0 amide bonds. The van der Waals surface area contributed by atoms with Gasteiger partial charge >= 0.3 is 0 Å². The van der Waals surface area contributed by atoms with Gasteiger partial charge in [-0.25, -0.2) is 8.42 Å². The van der Waals surface area contributed by atoms with Gasteiger partial charge in [0.1, 0.15) is 16.4 Å². The summed E-state index contributed by atoms with van der Waals surface area (Å²) in [6.45, 7) is 5.08. The molecular weight excluding hydrogens is 398 g/mol. The Morgan fingerprint density at radius 3 is 2.43 bits per heavy atom. The molecule has 0 radical (unpaired) electrons. The number of benzene rings is 2. The van der Waals surface area contributed by atoms with Gasteiger partial charge in [-0.05, 0) is 55.2 Å². The minimum Gasteiger partial charge on any atom is -0.507 e. The SMILES string of the molecule is CCCCCc1cc(O)c(-c2cccc(C)c2)c(O)c1S(=O)(=O)N1CC2(CCC2)C1. The molecular formula is C24H31NO4S. The summed E-state index contributed by atoms with van der Waals surface area (Å²) in [6, 6.07) is 8.92. The average Bonchev–Trinajstić information content (AvgIpc) is 2.58. The van der Waals surface area contributed by atoms with Crippen LogP contribution in [0.4, 0.5) is 0 Å². The van der Waals surface area contributed by atoms with Crippen LogP contribution in [0.1, 0.15) is 56.6 Å². The number of nitrogens with zero attached hydrogens (tertiary/aromatic N) is 1. The Kier molecular flexibility index (Phi) is 5.58. The molecule has 0 bridgehead atoms. The molecule has 2 aliphatic rings. The van der Waals surface area contributed by atoms with Crippen molar-refractivity contribution >= 4 is 10.0 Å². The van der Waals surface area contributed by atoms with Crippen molar-refractivity contribution in [2.45, 2.75) is 63.7 Å². The van der Waals surface area contributed by atoms with E-state index in [1.165, 1.54) is 4.31 Å². The van der Waals surface area contributed by atoms with E-state index in [1.807, 2.05) is 25.1 Å². The first-order chi connectivity index (χ1) is 14.3. The minimum atomic E-state index is -3.83. The highest BCUT2D eigenvalue weighted by atomic mass is 32.2. The van der Waals surface area contributed by atoms with E-state index >= 15 is 0 Å². The third-order valence-corrected chi connectivity index (χ3v) is 8.61. The third kappa shape index (κ3) is 3.60. The van der Waals surface area contributed by atoms with Crippen molar-refractivity contribution in [1.82, 2.24) is 4.31 Å². The molecule has 162 valence electrons.